The standard InChI is InChI=1S/C27H20N2O5S/c30-21-5-3-4-19(14-21)18-10-8-17(9-11-18)16-28-26(31)20-12-13-25-23(15-20)29-27(32)22-6-1-2-7-24(22)35(25,33)34/h1-15,30H,16H2,(H,28,31)(H,29,32). The second-order valence-corrected chi connectivity index (χ2v) is 9.98. The van der Waals surface area contributed by atoms with E-state index in [0.717, 1.165) is 16.7 Å². The van der Waals surface area contributed by atoms with E-state index in [9.17, 15) is 23.1 Å². The molecule has 8 heteroatoms. The highest BCUT2D eigenvalue weighted by atomic mass is 32.2. The summed E-state index contributed by atoms with van der Waals surface area (Å²) in [6.45, 7) is 0.256. The average molecular weight is 485 g/mol. The van der Waals surface area contributed by atoms with Crippen LogP contribution in [-0.4, -0.2) is 25.3 Å². The van der Waals surface area contributed by atoms with Crippen LogP contribution in [0.3, 0.4) is 0 Å². The summed E-state index contributed by atoms with van der Waals surface area (Å²) in [6.07, 6.45) is 0. The summed E-state index contributed by atoms with van der Waals surface area (Å²) in [6, 6.07) is 24.6. The molecule has 0 spiro atoms. The lowest BCUT2D eigenvalue weighted by atomic mass is 10.0. The summed E-state index contributed by atoms with van der Waals surface area (Å²) in [7, 11) is -3.93. The molecule has 0 aliphatic carbocycles. The van der Waals surface area contributed by atoms with Crippen molar-refractivity contribution >= 4 is 27.3 Å². The summed E-state index contributed by atoms with van der Waals surface area (Å²) in [5.41, 5.74) is 3.02. The Hall–Kier alpha value is -4.43. The minimum atomic E-state index is -3.93. The highest BCUT2D eigenvalue weighted by Crippen LogP contribution is 2.34. The maximum atomic E-state index is 13.1. The number of carbonyl (C=O) groups is 2. The van der Waals surface area contributed by atoms with Gasteiger partial charge in [0.2, 0.25) is 9.84 Å². The molecule has 3 N–H and O–H groups in total. The maximum Gasteiger partial charge on any atom is 0.257 e. The molecule has 0 bridgehead atoms. The Morgan fingerprint density at radius 2 is 1.60 bits per heavy atom. The Bertz CT molecular complexity index is 1580. The Balaban J connectivity index is 1.34. The number of phenolic OH excluding ortho intramolecular Hbond substituents is 1. The van der Waals surface area contributed by atoms with Gasteiger partial charge in [0.1, 0.15) is 5.75 Å². The second kappa shape index (κ2) is 8.73. The Kier molecular flexibility index (Phi) is 5.58. The van der Waals surface area contributed by atoms with Crippen molar-refractivity contribution in [3.63, 3.8) is 0 Å². The summed E-state index contributed by atoms with van der Waals surface area (Å²) in [4.78, 5) is 25.3. The van der Waals surface area contributed by atoms with E-state index in [2.05, 4.69) is 10.6 Å². The van der Waals surface area contributed by atoms with Crippen LogP contribution in [-0.2, 0) is 16.4 Å². The van der Waals surface area contributed by atoms with Gasteiger partial charge >= 0.3 is 0 Å². The van der Waals surface area contributed by atoms with Gasteiger partial charge in [-0.3, -0.25) is 9.59 Å². The fourth-order valence-electron chi connectivity index (χ4n) is 3.98. The molecule has 5 rings (SSSR count). The number of anilines is 1. The predicted octanol–water partition coefficient (Wildman–Crippen LogP) is 4.39. The van der Waals surface area contributed by atoms with Gasteiger partial charge in [0, 0.05) is 12.1 Å². The monoisotopic (exact) mass is 484 g/mol. The van der Waals surface area contributed by atoms with Crippen molar-refractivity contribution in [3.8, 4) is 16.9 Å². The molecule has 174 valence electrons. The molecule has 0 radical (unpaired) electrons. The molecule has 0 aromatic heterocycles. The van der Waals surface area contributed by atoms with Crippen LogP contribution in [0, 0.1) is 0 Å². The number of fused-ring (bicyclic) bond motifs is 2. The van der Waals surface area contributed by atoms with Crippen molar-refractivity contribution in [2.45, 2.75) is 16.3 Å². The highest BCUT2D eigenvalue weighted by Gasteiger charge is 2.31. The number of hydrogen-bond acceptors (Lipinski definition) is 5. The van der Waals surface area contributed by atoms with Gasteiger partial charge in [-0.25, -0.2) is 8.42 Å². The molecular weight excluding hydrogens is 464 g/mol. The van der Waals surface area contributed by atoms with Gasteiger partial charge in [-0.1, -0.05) is 48.5 Å². The van der Waals surface area contributed by atoms with E-state index in [4.69, 9.17) is 0 Å². The van der Waals surface area contributed by atoms with Gasteiger partial charge < -0.3 is 15.7 Å². The van der Waals surface area contributed by atoms with Crippen LogP contribution in [0.25, 0.3) is 11.1 Å². The smallest absolute Gasteiger partial charge is 0.257 e. The number of phenols is 1. The molecule has 4 aromatic carbocycles. The minimum Gasteiger partial charge on any atom is -0.508 e. The van der Waals surface area contributed by atoms with Gasteiger partial charge in [0.25, 0.3) is 11.8 Å². The Labute approximate surface area is 202 Å². The molecule has 0 atom stereocenters. The largest absolute Gasteiger partial charge is 0.508 e. The van der Waals surface area contributed by atoms with Crippen molar-refractivity contribution < 1.29 is 23.1 Å². The van der Waals surface area contributed by atoms with Crippen LogP contribution in [0.2, 0.25) is 0 Å². The fraction of sp³-hybridized carbons (Fsp3) is 0.0370. The summed E-state index contributed by atoms with van der Waals surface area (Å²) in [5, 5.41) is 15.1. The van der Waals surface area contributed by atoms with E-state index in [1.54, 1.807) is 30.3 Å². The van der Waals surface area contributed by atoms with Crippen LogP contribution in [0.1, 0.15) is 26.3 Å². The number of nitrogens with one attached hydrogen (secondary N) is 2. The van der Waals surface area contributed by atoms with Crippen molar-refractivity contribution in [2.75, 3.05) is 5.32 Å². The zero-order chi connectivity index (χ0) is 24.6. The zero-order valence-corrected chi connectivity index (χ0v) is 19.2. The molecule has 0 saturated heterocycles. The molecule has 1 heterocycles. The van der Waals surface area contributed by atoms with Crippen molar-refractivity contribution in [1.29, 1.82) is 0 Å². The topological polar surface area (TPSA) is 113 Å². The third kappa shape index (κ3) is 4.27. The molecule has 1 aliphatic heterocycles. The number of carbonyl (C=O) groups excluding carboxylic acids is 2. The number of aromatic hydroxyl groups is 1. The number of benzene rings is 4. The summed E-state index contributed by atoms with van der Waals surface area (Å²) >= 11 is 0. The molecule has 7 nitrogen and oxygen atoms in total. The van der Waals surface area contributed by atoms with Gasteiger partial charge in [-0.15, -0.1) is 0 Å². The van der Waals surface area contributed by atoms with Crippen molar-refractivity contribution in [2.24, 2.45) is 0 Å². The average Bonchev–Trinajstić information content (AvgIpc) is 2.95. The SMILES string of the molecule is O=C(NCc1ccc(-c2cccc(O)c2)cc1)c1ccc2c(c1)NC(=O)c1ccccc1S2(=O)=O. The highest BCUT2D eigenvalue weighted by molar-refractivity contribution is 7.91. The van der Waals surface area contributed by atoms with Gasteiger partial charge in [-0.05, 0) is 59.2 Å². The third-order valence-electron chi connectivity index (χ3n) is 5.79. The summed E-state index contributed by atoms with van der Waals surface area (Å²) < 4.78 is 26.2. The van der Waals surface area contributed by atoms with Crippen molar-refractivity contribution in [1.82, 2.24) is 5.32 Å². The first-order chi connectivity index (χ1) is 16.8. The molecule has 0 unspecified atom stereocenters. The molecule has 0 fully saturated rings. The van der Waals surface area contributed by atoms with E-state index < -0.39 is 21.7 Å². The minimum absolute atomic E-state index is 0.0591. The van der Waals surface area contributed by atoms with Crippen LogP contribution in [0.4, 0.5) is 5.69 Å². The van der Waals surface area contributed by atoms with Crippen LogP contribution >= 0.6 is 0 Å². The van der Waals surface area contributed by atoms with Crippen LogP contribution in [0.5, 0.6) is 5.75 Å². The molecule has 2 amide bonds. The summed E-state index contributed by atoms with van der Waals surface area (Å²) in [5.74, 6) is -0.766. The lowest BCUT2D eigenvalue weighted by Gasteiger charge is -2.11. The number of hydrogen-bond donors (Lipinski definition) is 3. The molecule has 0 saturated carbocycles. The van der Waals surface area contributed by atoms with Crippen LogP contribution in [0.15, 0.2) is 101 Å². The molecular formula is C27H20N2O5S. The normalized spacial score (nSPS) is 13.7. The predicted molar refractivity (Wildman–Crippen MR) is 131 cm³/mol. The first-order valence-corrected chi connectivity index (χ1v) is 12.3. The Morgan fingerprint density at radius 1 is 0.829 bits per heavy atom. The first kappa shape index (κ1) is 22.4. The molecule has 35 heavy (non-hydrogen) atoms. The fourth-order valence-corrected chi connectivity index (χ4v) is 5.58. The van der Waals surface area contributed by atoms with Crippen molar-refractivity contribution in [3.05, 3.63) is 108 Å². The lowest BCUT2D eigenvalue weighted by molar-refractivity contribution is 0.0949. The van der Waals surface area contributed by atoms with Gasteiger partial charge in [0.05, 0.1) is 21.0 Å². The van der Waals surface area contributed by atoms with Gasteiger partial charge in [-0.2, -0.15) is 0 Å². The maximum absolute atomic E-state index is 13.1. The van der Waals surface area contributed by atoms with Crippen LogP contribution < -0.4 is 10.6 Å². The zero-order valence-electron chi connectivity index (χ0n) is 18.4. The first-order valence-electron chi connectivity index (χ1n) is 10.8. The van der Waals surface area contributed by atoms with E-state index in [1.165, 1.54) is 30.3 Å². The number of rotatable bonds is 4. The van der Waals surface area contributed by atoms with E-state index >= 15 is 0 Å². The van der Waals surface area contributed by atoms with E-state index in [-0.39, 0.29) is 38.9 Å². The van der Waals surface area contributed by atoms with Gasteiger partial charge in [0.15, 0.2) is 0 Å². The molecule has 1 aliphatic rings. The Morgan fingerprint density at radius 3 is 2.37 bits per heavy atom. The lowest BCUT2D eigenvalue weighted by Crippen LogP contribution is -2.23. The third-order valence-corrected chi connectivity index (χ3v) is 7.66. The number of amides is 2. The quantitative estimate of drug-likeness (QED) is 0.398. The van der Waals surface area contributed by atoms with E-state index in [1.807, 2.05) is 30.3 Å². The number of sulfone groups is 1. The van der Waals surface area contributed by atoms with E-state index in [0.29, 0.717) is 0 Å². The second-order valence-electron chi connectivity index (χ2n) is 8.09. The molecule has 4 aromatic rings.